The first kappa shape index (κ1) is 15.7. The van der Waals surface area contributed by atoms with Crippen LogP contribution in [0.3, 0.4) is 0 Å². The van der Waals surface area contributed by atoms with Gasteiger partial charge in [-0.2, -0.15) is 0 Å². The summed E-state index contributed by atoms with van der Waals surface area (Å²) in [6.07, 6.45) is 0. The zero-order chi connectivity index (χ0) is 3.58. The van der Waals surface area contributed by atoms with Crippen LogP contribution >= 0.6 is 0 Å². The molecule has 0 aromatic rings. The standard InChI is InChI=1S/C3H5O.W.Y/c1-3(2)4;;/h1H2,2H3;;/q-1;;. The Hall–Kier alpha value is 1.33. The van der Waals surface area contributed by atoms with E-state index in [0.29, 0.717) is 0 Å². The molecule has 6 heavy (non-hydrogen) atoms. The number of rotatable bonds is 0. The summed E-state index contributed by atoms with van der Waals surface area (Å²) in [5.41, 5.74) is 0. The van der Waals surface area contributed by atoms with Crippen LogP contribution in [0.25, 0.3) is 0 Å². The van der Waals surface area contributed by atoms with E-state index in [1.54, 1.807) is 0 Å². The van der Waals surface area contributed by atoms with Crippen molar-refractivity contribution in [2.75, 3.05) is 0 Å². The predicted molar refractivity (Wildman–Crippen MR) is 16.0 cm³/mol. The summed E-state index contributed by atoms with van der Waals surface area (Å²) < 4.78 is 0. The minimum atomic E-state index is -0.0833. The molecule has 0 rings (SSSR count). The van der Waals surface area contributed by atoms with E-state index in [1.165, 1.54) is 6.92 Å². The molecule has 0 bridgehead atoms. The van der Waals surface area contributed by atoms with E-state index in [0.717, 1.165) is 0 Å². The molecule has 3 heteroatoms. The van der Waals surface area contributed by atoms with Crippen molar-refractivity contribution in [1.82, 2.24) is 0 Å². The second-order valence-electron chi connectivity index (χ2n) is 0.702. The molecule has 33 valence electrons. The SMILES string of the molecule is [CH2-]C(C)=O.[W].[Y]. The van der Waals surface area contributed by atoms with Crippen molar-refractivity contribution in [3.8, 4) is 0 Å². The molecule has 0 N–H and O–H groups in total. The summed E-state index contributed by atoms with van der Waals surface area (Å²) in [7, 11) is 0. The molecule has 1 radical (unpaired) electrons. The minimum Gasteiger partial charge on any atom is -0.340 e. The molecule has 0 aromatic carbocycles. The molecule has 0 saturated carbocycles. The first-order chi connectivity index (χ1) is 1.73. The second kappa shape index (κ2) is 9.59. The fourth-order valence-corrected chi connectivity index (χ4v) is 0. The molecule has 0 aliphatic heterocycles. The molecule has 0 fully saturated rings. The number of hydrogen-bond donors (Lipinski definition) is 0. The smallest absolute Gasteiger partial charge is 0 e. The van der Waals surface area contributed by atoms with Crippen molar-refractivity contribution < 1.29 is 58.6 Å². The predicted octanol–water partition coefficient (Wildman–Crippen LogP) is 0.404. The van der Waals surface area contributed by atoms with Gasteiger partial charge in [0.05, 0.1) is 0 Å². The largest absolute Gasteiger partial charge is 0.340 e. The summed E-state index contributed by atoms with van der Waals surface area (Å²) in [6.45, 7) is 4.42. The van der Waals surface area contributed by atoms with E-state index in [-0.39, 0.29) is 59.6 Å². The molecule has 0 aromatic heterocycles. The van der Waals surface area contributed by atoms with Gasteiger partial charge in [0.2, 0.25) is 0 Å². The van der Waals surface area contributed by atoms with Gasteiger partial charge in [-0.3, -0.25) is 0 Å². The molecule has 0 spiro atoms. The Kier molecular flexibility index (Phi) is 25.0. The van der Waals surface area contributed by atoms with E-state index in [2.05, 4.69) is 6.92 Å². The molecular formula is C3H5OWY-. The molecule has 0 atom stereocenters. The zero-order valence-corrected chi connectivity index (χ0v) is 9.37. The fraction of sp³-hybridized carbons (Fsp3) is 0.333. The maximum Gasteiger partial charge on any atom is 0 e. The van der Waals surface area contributed by atoms with Gasteiger partial charge >= 0.3 is 0 Å². The third-order valence-corrected chi connectivity index (χ3v) is 0. The Morgan fingerprint density at radius 3 is 1.67 bits per heavy atom. The quantitative estimate of drug-likeness (QED) is 0.588. The Balaban J connectivity index is -0.0000000450. The zero-order valence-electron chi connectivity index (χ0n) is 3.60. The molecule has 0 saturated heterocycles. The first-order valence-corrected chi connectivity index (χ1v) is 1.06. The topological polar surface area (TPSA) is 17.1 Å². The van der Waals surface area contributed by atoms with Crippen LogP contribution in [0, 0.1) is 6.92 Å². The molecular weight excluding hydrogens is 325 g/mol. The van der Waals surface area contributed by atoms with E-state index in [9.17, 15) is 4.79 Å². The van der Waals surface area contributed by atoms with Crippen LogP contribution < -0.4 is 0 Å². The van der Waals surface area contributed by atoms with Crippen LogP contribution in [0.15, 0.2) is 0 Å². The Bertz CT molecular complexity index is 33.8. The van der Waals surface area contributed by atoms with E-state index in [4.69, 9.17) is 0 Å². The molecule has 0 aliphatic rings. The normalized spacial score (nSPS) is 4.17. The third kappa shape index (κ3) is 56.4. The van der Waals surface area contributed by atoms with Gasteiger partial charge in [0.25, 0.3) is 0 Å². The van der Waals surface area contributed by atoms with Crippen molar-refractivity contribution in [1.29, 1.82) is 0 Å². The molecule has 0 unspecified atom stereocenters. The van der Waals surface area contributed by atoms with Crippen molar-refractivity contribution in [2.45, 2.75) is 6.92 Å². The van der Waals surface area contributed by atoms with Crippen LogP contribution in [0.2, 0.25) is 0 Å². The number of ketones is 1. The third-order valence-electron chi connectivity index (χ3n) is 0. The van der Waals surface area contributed by atoms with E-state index in [1.807, 2.05) is 0 Å². The van der Waals surface area contributed by atoms with Gasteiger partial charge in [0, 0.05) is 53.8 Å². The number of carbonyl (C=O) groups excluding carboxylic acids is 1. The number of Topliss-reactive ketones (excluding diaryl/α,β-unsaturated/α-hetero) is 1. The van der Waals surface area contributed by atoms with Crippen LogP contribution in [0.5, 0.6) is 0 Å². The van der Waals surface area contributed by atoms with Crippen LogP contribution in [0.1, 0.15) is 6.92 Å². The van der Waals surface area contributed by atoms with Gasteiger partial charge in [-0.1, -0.05) is 0 Å². The van der Waals surface area contributed by atoms with Crippen molar-refractivity contribution in [3.05, 3.63) is 6.92 Å². The van der Waals surface area contributed by atoms with Gasteiger partial charge < -0.3 is 11.7 Å². The second-order valence-corrected chi connectivity index (χ2v) is 0.702. The van der Waals surface area contributed by atoms with Crippen molar-refractivity contribution in [3.63, 3.8) is 0 Å². The maximum atomic E-state index is 9.33. The average Bonchev–Trinajstić information content (AvgIpc) is 0.811. The Labute approximate surface area is 77.4 Å². The van der Waals surface area contributed by atoms with Crippen LogP contribution in [-0.4, -0.2) is 5.78 Å². The fourth-order valence-electron chi connectivity index (χ4n) is 0. The van der Waals surface area contributed by atoms with Crippen molar-refractivity contribution in [2.24, 2.45) is 0 Å². The summed E-state index contributed by atoms with van der Waals surface area (Å²) in [6, 6.07) is 0. The van der Waals surface area contributed by atoms with Gasteiger partial charge in [0.1, 0.15) is 0 Å². The maximum absolute atomic E-state index is 9.33. The first-order valence-electron chi connectivity index (χ1n) is 1.06. The van der Waals surface area contributed by atoms with E-state index >= 15 is 0 Å². The van der Waals surface area contributed by atoms with E-state index < -0.39 is 0 Å². The molecule has 0 aliphatic carbocycles. The number of carbonyl (C=O) groups is 1. The molecule has 0 amide bonds. The van der Waals surface area contributed by atoms with Crippen LogP contribution in [0.4, 0.5) is 0 Å². The number of hydrogen-bond acceptors (Lipinski definition) is 1. The summed E-state index contributed by atoms with van der Waals surface area (Å²) in [5.74, 6) is -0.0833. The summed E-state index contributed by atoms with van der Waals surface area (Å²) in [4.78, 5) is 9.33. The van der Waals surface area contributed by atoms with Crippen molar-refractivity contribution >= 4 is 5.78 Å². The monoisotopic (exact) mass is 330 g/mol. The van der Waals surface area contributed by atoms with Gasteiger partial charge in [0.15, 0.2) is 0 Å². The minimum absolute atomic E-state index is 0. The molecule has 0 heterocycles. The summed E-state index contributed by atoms with van der Waals surface area (Å²) in [5, 5.41) is 0. The van der Waals surface area contributed by atoms with Gasteiger partial charge in [-0.05, 0) is 12.7 Å². The Morgan fingerprint density at radius 1 is 1.67 bits per heavy atom. The van der Waals surface area contributed by atoms with Crippen LogP contribution in [-0.2, 0) is 58.6 Å². The summed E-state index contributed by atoms with van der Waals surface area (Å²) >= 11 is 0. The molecule has 1 nitrogen and oxygen atoms in total. The Morgan fingerprint density at radius 2 is 1.67 bits per heavy atom. The average molecular weight is 330 g/mol. The van der Waals surface area contributed by atoms with Gasteiger partial charge in [-0.15, -0.1) is 0 Å². The van der Waals surface area contributed by atoms with Gasteiger partial charge in [-0.25, -0.2) is 0 Å².